The molecule has 1 N–H and O–H groups in total. The van der Waals surface area contributed by atoms with Gasteiger partial charge in [-0.15, -0.1) is 6.42 Å². The summed E-state index contributed by atoms with van der Waals surface area (Å²) in [6.07, 6.45) is 7.44. The smallest absolute Gasteiger partial charge is 0.207 e. The van der Waals surface area contributed by atoms with Gasteiger partial charge in [-0.25, -0.2) is 0 Å². The zero-order chi connectivity index (χ0) is 17.0. The first-order valence-electron chi connectivity index (χ1n) is 6.97. The highest BCUT2D eigenvalue weighted by atomic mass is 16.5. The second-order valence-electron chi connectivity index (χ2n) is 5.68. The molecule has 0 bridgehead atoms. The summed E-state index contributed by atoms with van der Waals surface area (Å²) in [5, 5.41) is 28.5. The zero-order valence-corrected chi connectivity index (χ0v) is 12.9. The maximum atomic E-state index is 10.7. The number of hydrogen-bond donors (Lipinski definition) is 1. The fourth-order valence-corrected chi connectivity index (χ4v) is 2.61. The van der Waals surface area contributed by atoms with Gasteiger partial charge >= 0.3 is 0 Å². The van der Waals surface area contributed by atoms with Crippen molar-refractivity contribution in [3.05, 3.63) is 29.3 Å². The highest BCUT2D eigenvalue weighted by molar-refractivity contribution is 5.60. The van der Waals surface area contributed by atoms with Gasteiger partial charge in [-0.3, -0.25) is 0 Å². The Kier molecular flexibility index (Phi) is 4.55. The largest absolute Gasteiger partial charge is 0.485 e. The molecule has 6 heteroatoms. The second kappa shape index (κ2) is 6.40. The Labute approximate surface area is 135 Å². The molecule has 116 valence electrons. The average molecular weight is 308 g/mol. The normalized spacial score (nSPS) is 21.4. The third-order valence-corrected chi connectivity index (χ3v) is 3.74. The number of nitrogens with zero attached hydrogens (tertiary/aromatic N) is 4. The summed E-state index contributed by atoms with van der Waals surface area (Å²) in [6.45, 7) is 3.68. The lowest BCUT2D eigenvalue weighted by atomic mass is 9.85. The Bertz CT molecular complexity index is 749. The molecule has 0 aliphatic carbocycles. The summed E-state index contributed by atoms with van der Waals surface area (Å²) in [6, 6.07) is 6.50. The molecular weight excluding hydrogens is 292 g/mol. The minimum absolute atomic E-state index is 0.152. The van der Waals surface area contributed by atoms with Gasteiger partial charge in [0.2, 0.25) is 6.19 Å². The van der Waals surface area contributed by atoms with E-state index in [1.54, 1.807) is 43.1 Å². The van der Waals surface area contributed by atoms with Crippen LogP contribution in [0.2, 0.25) is 0 Å². The number of terminal acetylenes is 1. The third-order valence-electron chi connectivity index (χ3n) is 3.74. The summed E-state index contributed by atoms with van der Waals surface area (Å²) in [5.41, 5.74) is 0.219. The van der Waals surface area contributed by atoms with E-state index in [4.69, 9.17) is 21.7 Å². The molecule has 0 amide bonds. The van der Waals surface area contributed by atoms with Crippen molar-refractivity contribution >= 4 is 6.34 Å². The van der Waals surface area contributed by atoms with Gasteiger partial charge in [0.05, 0.1) is 24.2 Å². The van der Waals surface area contributed by atoms with E-state index in [1.165, 1.54) is 6.34 Å². The van der Waals surface area contributed by atoms with Crippen LogP contribution in [0, 0.1) is 35.1 Å². The van der Waals surface area contributed by atoms with E-state index in [-0.39, 0.29) is 6.54 Å². The van der Waals surface area contributed by atoms with Crippen LogP contribution in [-0.4, -0.2) is 34.6 Å². The Morgan fingerprint density at radius 3 is 2.83 bits per heavy atom. The van der Waals surface area contributed by atoms with Crippen LogP contribution in [0.3, 0.4) is 0 Å². The molecule has 6 nitrogen and oxygen atoms in total. The van der Waals surface area contributed by atoms with Crippen molar-refractivity contribution in [3.8, 4) is 30.4 Å². The molecule has 23 heavy (non-hydrogen) atoms. The summed E-state index contributed by atoms with van der Waals surface area (Å²) < 4.78 is 5.85. The van der Waals surface area contributed by atoms with Crippen molar-refractivity contribution in [2.24, 2.45) is 4.99 Å². The highest BCUT2D eigenvalue weighted by Crippen LogP contribution is 2.42. The Morgan fingerprint density at radius 2 is 2.22 bits per heavy atom. The summed E-state index contributed by atoms with van der Waals surface area (Å²) in [4.78, 5) is 5.15. The molecule has 0 spiro atoms. The third kappa shape index (κ3) is 3.11. The van der Waals surface area contributed by atoms with Gasteiger partial charge in [0.1, 0.15) is 23.8 Å². The van der Waals surface area contributed by atoms with Crippen molar-refractivity contribution in [1.29, 1.82) is 10.5 Å². The van der Waals surface area contributed by atoms with Crippen LogP contribution in [0.25, 0.3) is 0 Å². The van der Waals surface area contributed by atoms with Gasteiger partial charge in [0.15, 0.2) is 0 Å². The van der Waals surface area contributed by atoms with Crippen molar-refractivity contribution in [2.45, 2.75) is 31.6 Å². The molecular formula is C17H16N4O2. The molecule has 0 radical (unpaired) electrons. The maximum absolute atomic E-state index is 10.7. The summed E-state index contributed by atoms with van der Waals surface area (Å²) in [7, 11) is 0. The topological polar surface area (TPSA) is 92.6 Å². The first kappa shape index (κ1) is 16.4. The number of aliphatic imine (C=N–C) groups is 1. The van der Waals surface area contributed by atoms with Crippen molar-refractivity contribution in [2.75, 3.05) is 6.54 Å². The molecule has 1 aromatic carbocycles. The molecule has 1 aliphatic rings. The molecule has 0 aromatic heterocycles. The van der Waals surface area contributed by atoms with Gasteiger partial charge in [-0.05, 0) is 32.0 Å². The van der Waals surface area contributed by atoms with Crippen LogP contribution in [0.1, 0.15) is 31.0 Å². The molecule has 0 fully saturated rings. The van der Waals surface area contributed by atoms with Gasteiger partial charge in [-0.1, -0.05) is 5.92 Å². The predicted octanol–water partition coefficient (Wildman–Crippen LogP) is 1.58. The average Bonchev–Trinajstić information content (AvgIpc) is 2.52. The lowest BCUT2D eigenvalue weighted by Gasteiger charge is -2.45. The van der Waals surface area contributed by atoms with Gasteiger partial charge in [0.25, 0.3) is 0 Å². The second-order valence-corrected chi connectivity index (χ2v) is 5.68. The number of fused-ring (bicyclic) bond motifs is 1. The summed E-state index contributed by atoms with van der Waals surface area (Å²) in [5.74, 6) is 3.06. The number of nitriles is 2. The monoisotopic (exact) mass is 308 g/mol. The van der Waals surface area contributed by atoms with E-state index >= 15 is 0 Å². The quantitative estimate of drug-likeness (QED) is 0.396. The Morgan fingerprint density at radius 1 is 1.48 bits per heavy atom. The minimum atomic E-state index is -0.928. The fourth-order valence-electron chi connectivity index (χ4n) is 2.61. The van der Waals surface area contributed by atoms with Gasteiger partial charge in [-0.2, -0.15) is 15.5 Å². The van der Waals surface area contributed by atoms with Crippen LogP contribution in [0.4, 0.5) is 0 Å². The number of aliphatic hydroxyl groups excluding tert-OH is 1. The van der Waals surface area contributed by atoms with Crippen LogP contribution >= 0.6 is 0 Å². The lowest BCUT2D eigenvalue weighted by molar-refractivity contribution is -0.0793. The van der Waals surface area contributed by atoms with Crippen molar-refractivity contribution in [1.82, 2.24) is 4.90 Å². The van der Waals surface area contributed by atoms with E-state index in [2.05, 4.69) is 17.0 Å². The number of aliphatic hydroxyl groups is 1. The highest BCUT2D eigenvalue weighted by Gasteiger charge is 2.45. The molecule has 2 rings (SSSR count). The fraction of sp³-hybridized carbons (Fsp3) is 0.353. The minimum Gasteiger partial charge on any atom is -0.485 e. The van der Waals surface area contributed by atoms with E-state index in [1.807, 2.05) is 0 Å². The Hall–Kier alpha value is -3.01. The number of ether oxygens (including phenoxy) is 1. The first-order valence-corrected chi connectivity index (χ1v) is 6.97. The molecule has 0 saturated heterocycles. The van der Waals surface area contributed by atoms with E-state index in [0.717, 1.165) is 0 Å². The SMILES string of the molecule is C#CCN(C=NC#N)[C@H]1c2cc(C#N)ccc2OC(C)(C)[C@@H]1O. The summed E-state index contributed by atoms with van der Waals surface area (Å²) >= 11 is 0. The van der Waals surface area contributed by atoms with E-state index in [0.29, 0.717) is 16.9 Å². The molecule has 0 saturated carbocycles. The molecule has 2 atom stereocenters. The maximum Gasteiger partial charge on any atom is 0.207 e. The van der Waals surface area contributed by atoms with Crippen LogP contribution < -0.4 is 4.74 Å². The van der Waals surface area contributed by atoms with Crippen LogP contribution in [-0.2, 0) is 0 Å². The standard InChI is InChI=1S/C17H16N4O2/c1-4-7-21(11-20-10-19)15-13-8-12(9-18)5-6-14(13)23-17(2,3)16(15)22/h1,5-6,8,11,15-16,22H,7H2,2-3H3/t15-,16+/m0/s1. The lowest BCUT2D eigenvalue weighted by Crippen LogP contribution is -2.53. The molecule has 0 unspecified atom stereocenters. The predicted molar refractivity (Wildman–Crippen MR) is 84.3 cm³/mol. The van der Waals surface area contributed by atoms with Crippen LogP contribution in [0.15, 0.2) is 23.2 Å². The Balaban J connectivity index is 2.60. The molecule has 1 aliphatic heterocycles. The first-order chi connectivity index (χ1) is 10.9. The van der Waals surface area contributed by atoms with Gasteiger partial charge in [0, 0.05) is 5.56 Å². The number of benzene rings is 1. The van der Waals surface area contributed by atoms with E-state index < -0.39 is 17.7 Å². The van der Waals surface area contributed by atoms with E-state index in [9.17, 15) is 5.11 Å². The van der Waals surface area contributed by atoms with Crippen LogP contribution in [0.5, 0.6) is 5.75 Å². The van der Waals surface area contributed by atoms with Crippen molar-refractivity contribution in [3.63, 3.8) is 0 Å². The van der Waals surface area contributed by atoms with Gasteiger partial charge < -0.3 is 14.7 Å². The molecule has 1 heterocycles. The van der Waals surface area contributed by atoms with Crippen molar-refractivity contribution < 1.29 is 9.84 Å². The zero-order valence-electron chi connectivity index (χ0n) is 12.9. The number of rotatable bonds is 3. The molecule has 1 aromatic rings. The number of hydrogen-bond acceptors (Lipinski definition) is 5.